The summed E-state index contributed by atoms with van der Waals surface area (Å²) in [6.07, 6.45) is 4.80. The van der Waals surface area contributed by atoms with Crippen LogP contribution in [0.3, 0.4) is 0 Å². The van der Waals surface area contributed by atoms with Gasteiger partial charge in [0, 0.05) is 30.5 Å². The molecule has 2 saturated carbocycles. The molecule has 6 nitrogen and oxygen atoms in total. The first-order chi connectivity index (χ1) is 14.0. The van der Waals surface area contributed by atoms with Gasteiger partial charge in [-0.15, -0.1) is 0 Å². The second kappa shape index (κ2) is 8.52. The number of aliphatic hydroxyl groups is 1. The zero-order valence-electron chi connectivity index (χ0n) is 17.9. The molecular formula is C23H35N3O3. The maximum atomic E-state index is 10.7. The van der Waals surface area contributed by atoms with Crippen LogP contribution in [0, 0.1) is 11.3 Å². The van der Waals surface area contributed by atoms with Crippen LogP contribution in [0.5, 0.6) is 5.75 Å². The van der Waals surface area contributed by atoms with E-state index in [4.69, 9.17) is 14.5 Å². The van der Waals surface area contributed by atoms with Crippen molar-refractivity contribution < 1.29 is 14.6 Å². The number of aliphatic hydroxyl groups excluding tert-OH is 1. The van der Waals surface area contributed by atoms with Crippen LogP contribution in [0.25, 0.3) is 0 Å². The fourth-order valence-electron chi connectivity index (χ4n) is 5.27. The Morgan fingerprint density at radius 2 is 2.21 bits per heavy atom. The molecular weight excluding hydrogens is 366 g/mol. The largest absolute Gasteiger partial charge is 0.491 e. The van der Waals surface area contributed by atoms with Gasteiger partial charge < -0.3 is 25.2 Å². The topological polar surface area (TPSA) is 75.1 Å². The van der Waals surface area contributed by atoms with E-state index in [1.165, 1.54) is 19.3 Å². The second-order valence-corrected chi connectivity index (χ2v) is 8.93. The number of fused-ring (bicyclic) bond motifs is 2. The number of ether oxygens (including phenoxy) is 2. The highest BCUT2D eigenvalue weighted by Gasteiger charge is 2.66. The van der Waals surface area contributed by atoms with Gasteiger partial charge in [-0.2, -0.15) is 0 Å². The number of hydrogen-bond acceptors (Lipinski definition) is 4. The summed E-state index contributed by atoms with van der Waals surface area (Å²) in [5, 5.41) is 17.7. The molecule has 2 aliphatic carbocycles. The average molecular weight is 402 g/mol. The van der Waals surface area contributed by atoms with Crippen LogP contribution in [-0.2, 0) is 4.74 Å². The van der Waals surface area contributed by atoms with E-state index >= 15 is 0 Å². The number of nitrogens with one attached hydrogen (secondary N) is 2. The van der Waals surface area contributed by atoms with Crippen molar-refractivity contribution in [3.8, 4) is 5.75 Å². The molecule has 1 aromatic rings. The lowest BCUT2D eigenvalue weighted by atomic mass is 9.46. The average Bonchev–Trinajstić information content (AvgIpc) is 3.07. The summed E-state index contributed by atoms with van der Waals surface area (Å²) in [6.45, 7) is 8.06. The van der Waals surface area contributed by atoms with Gasteiger partial charge in [-0.3, -0.25) is 4.99 Å². The first kappa shape index (κ1) is 20.5. The van der Waals surface area contributed by atoms with Gasteiger partial charge >= 0.3 is 0 Å². The third-order valence-electron chi connectivity index (χ3n) is 6.71. The number of benzene rings is 1. The monoisotopic (exact) mass is 401 g/mol. The zero-order chi connectivity index (χ0) is 20.4. The molecule has 0 bridgehead atoms. The molecule has 4 atom stereocenters. The van der Waals surface area contributed by atoms with Crippen LogP contribution in [0.15, 0.2) is 29.3 Å². The number of nitrogens with zero attached hydrogens (tertiary/aromatic N) is 1. The van der Waals surface area contributed by atoms with Gasteiger partial charge in [0.1, 0.15) is 5.75 Å². The molecule has 4 unspecified atom stereocenters. The van der Waals surface area contributed by atoms with Crippen molar-refractivity contribution >= 4 is 5.96 Å². The van der Waals surface area contributed by atoms with E-state index in [0.29, 0.717) is 30.0 Å². The van der Waals surface area contributed by atoms with E-state index in [2.05, 4.69) is 17.6 Å². The SMILES string of the molecule is CCNC(=NCC(O)c1cccc(OC(C)C)c1)NC1C2CCOC2C12CCC2. The molecule has 1 aromatic carbocycles. The van der Waals surface area contributed by atoms with Crippen molar-refractivity contribution in [2.45, 2.75) is 70.8 Å². The minimum absolute atomic E-state index is 0.106. The molecule has 1 spiro atoms. The number of hydrogen-bond donors (Lipinski definition) is 3. The molecule has 4 rings (SSSR count). The molecule has 0 aromatic heterocycles. The summed E-state index contributed by atoms with van der Waals surface area (Å²) in [5.41, 5.74) is 1.13. The molecule has 29 heavy (non-hydrogen) atoms. The van der Waals surface area contributed by atoms with E-state index in [1.807, 2.05) is 38.1 Å². The van der Waals surface area contributed by atoms with Gasteiger partial charge in [-0.1, -0.05) is 18.6 Å². The first-order valence-electron chi connectivity index (χ1n) is 11.1. The summed E-state index contributed by atoms with van der Waals surface area (Å²) < 4.78 is 11.8. The summed E-state index contributed by atoms with van der Waals surface area (Å²) >= 11 is 0. The van der Waals surface area contributed by atoms with Crippen molar-refractivity contribution in [3.63, 3.8) is 0 Å². The molecule has 0 radical (unpaired) electrons. The lowest BCUT2D eigenvalue weighted by Gasteiger charge is -2.63. The van der Waals surface area contributed by atoms with Crippen molar-refractivity contribution in [1.29, 1.82) is 0 Å². The molecule has 1 heterocycles. The molecule has 3 fully saturated rings. The quantitative estimate of drug-likeness (QED) is 0.484. The highest BCUT2D eigenvalue weighted by atomic mass is 16.5. The molecule has 160 valence electrons. The molecule has 1 saturated heterocycles. The highest BCUT2D eigenvalue weighted by molar-refractivity contribution is 5.80. The Balaban J connectivity index is 1.41. The number of aliphatic imine (C=N–C) groups is 1. The Labute approximate surface area is 174 Å². The third-order valence-corrected chi connectivity index (χ3v) is 6.71. The van der Waals surface area contributed by atoms with Crippen LogP contribution in [-0.4, -0.2) is 49.0 Å². The zero-order valence-corrected chi connectivity index (χ0v) is 17.9. The third kappa shape index (κ3) is 3.97. The maximum absolute atomic E-state index is 10.7. The summed E-state index contributed by atoms with van der Waals surface area (Å²) in [6, 6.07) is 8.08. The standard InChI is InChI=1S/C23H35N3O3/c1-4-24-22(26-20-18-9-12-28-21(18)23(20)10-6-11-23)25-14-19(27)16-7-5-8-17(13-16)29-15(2)3/h5,7-8,13,15,18-21,27H,4,6,9-12,14H2,1-3H3,(H2,24,25,26). The van der Waals surface area contributed by atoms with E-state index in [1.54, 1.807) is 0 Å². The molecule has 6 heteroatoms. The van der Waals surface area contributed by atoms with Gasteiger partial charge in [-0.05, 0) is 57.7 Å². The molecule has 3 aliphatic rings. The van der Waals surface area contributed by atoms with Crippen LogP contribution in [0.1, 0.15) is 58.1 Å². The highest BCUT2D eigenvalue weighted by Crippen LogP contribution is 2.62. The maximum Gasteiger partial charge on any atom is 0.191 e. The lowest BCUT2D eigenvalue weighted by Crippen LogP contribution is -2.72. The van der Waals surface area contributed by atoms with E-state index in [-0.39, 0.29) is 6.10 Å². The van der Waals surface area contributed by atoms with Crippen LogP contribution in [0.2, 0.25) is 0 Å². The Morgan fingerprint density at radius 1 is 1.38 bits per heavy atom. The lowest BCUT2D eigenvalue weighted by molar-refractivity contribution is -0.171. The Bertz CT molecular complexity index is 732. The number of rotatable bonds is 7. The van der Waals surface area contributed by atoms with E-state index < -0.39 is 6.10 Å². The fourth-order valence-corrected chi connectivity index (χ4v) is 5.27. The van der Waals surface area contributed by atoms with Gasteiger partial charge in [0.2, 0.25) is 0 Å². The van der Waals surface area contributed by atoms with Gasteiger partial charge in [0.25, 0.3) is 0 Å². The molecule has 1 aliphatic heterocycles. The summed E-state index contributed by atoms with van der Waals surface area (Å²) in [5.74, 6) is 2.16. The predicted molar refractivity (Wildman–Crippen MR) is 114 cm³/mol. The smallest absolute Gasteiger partial charge is 0.191 e. The summed E-state index contributed by atoms with van der Waals surface area (Å²) in [4.78, 5) is 4.70. The fraction of sp³-hybridized carbons (Fsp3) is 0.696. The second-order valence-electron chi connectivity index (χ2n) is 8.93. The Morgan fingerprint density at radius 3 is 2.90 bits per heavy atom. The van der Waals surface area contributed by atoms with E-state index in [0.717, 1.165) is 36.8 Å². The molecule has 0 amide bonds. The van der Waals surface area contributed by atoms with E-state index in [9.17, 15) is 5.11 Å². The normalized spacial score (nSPS) is 28.4. The summed E-state index contributed by atoms with van der Waals surface area (Å²) in [7, 11) is 0. The minimum atomic E-state index is -0.664. The van der Waals surface area contributed by atoms with Crippen molar-refractivity contribution in [2.75, 3.05) is 19.7 Å². The van der Waals surface area contributed by atoms with Crippen LogP contribution >= 0.6 is 0 Å². The minimum Gasteiger partial charge on any atom is -0.491 e. The van der Waals surface area contributed by atoms with Crippen molar-refractivity contribution in [1.82, 2.24) is 10.6 Å². The van der Waals surface area contributed by atoms with Gasteiger partial charge in [-0.25, -0.2) is 0 Å². The van der Waals surface area contributed by atoms with Crippen LogP contribution < -0.4 is 15.4 Å². The first-order valence-corrected chi connectivity index (χ1v) is 11.1. The van der Waals surface area contributed by atoms with Crippen molar-refractivity contribution in [3.05, 3.63) is 29.8 Å². The van der Waals surface area contributed by atoms with Crippen LogP contribution in [0.4, 0.5) is 0 Å². The predicted octanol–water partition coefficient (Wildman–Crippen LogP) is 3.02. The van der Waals surface area contributed by atoms with Gasteiger partial charge in [0.05, 0.1) is 24.9 Å². The molecule has 3 N–H and O–H groups in total. The number of guanidine groups is 1. The van der Waals surface area contributed by atoms with Gasteiger partial charge in [0.15, 0.2) is 5.96 Å². The Kier molecular flexibility index (Phi) is 6.02. The Hall–Kier alpha value is -1.79. The van der Waals surface area contributed by atoms with Crippen molar-refractivity contribution in [2.24, 2.45) is 16.3 Å².